The summed E-state index contributed by atoms with van der Waals surface area (Å²) in [4.78, 5) is 11.2. The van der Waals surface area contributed by atoms with Crippen LogP contribution < -0.4 is 4.90 Å². The number of aryl methyl sites for hydroxylation is 2. The lowest BCUT2D eigenvalue weighted by molar-refractivity contribution is 0.0439. The standard InChI is InChI=1S/C15H23N5O/c1-4-8-21-12-6-5-7-20(9-12)15-13-11(2)18-19(3)14(13)16-10-17-15/h10,12H,4-9H2,1-3H3. The summed E-state index contributed by atoms with van der Waals surface area (Å²) in [6, 6.07) is 0. The summed E-state index contributed by atoms with van der Waals surface area (Å²) in [5.41, 5.74) is 1.88. The number of fused-ring (bicyclic) bond motifs is 1. The van der Waals surface area contributed by atoms with Crippen molar-refractivity contribution in [2.75, 3.05) is 24.6 Å². The zero-order valence-electron chi connectivity index (χ0n) is 13.0. The van der Waals surface area contributed by atoms with Crippen molar-refractivity contribution in [2.24, 2.45) is 7.05 Å². The molecule has 3 rings (SSSR count). The van der Waals surface area contributed by atoms with Gasteiger partial charge in [-0.3, -0.25) is 4.68 Å². The van der Waals surface area contributed by atoms with E-state index in [-0.39, 0.29) is 0 Å². The molecule has 1 fully saturated rings. The predicted octanol–water partition coefficient (Wildman–Crippen LogP) is 2.07. The van der Waals surface area contributed by atoms with Gasteiger partial charge in [0.15, 0.2) is 5.65 Å². The summed E-state index contributed by atoms with van der Waals surface area (Å²) in [6.45, 7) is 6.92. The Morgan fingerprint density at radius 1 is 1.38 bits per heavy atom. The highest BCUT2D eigenvalue weighted by molar-refractivity contribution is 5.89. The van der Waals surface area contributed by atoms with Crippen LogP contribution in [0.1, 0.15) is 31.9 Å². The maximum atomic E-state index is 5.93. The highest BCUT2D eigenvalue weighted by Gasteiger charge is 2.24. The van der Waals surface area contributed by atoms with Gasteiger partial charge < -0.3 is 9.64 Å². The van der Waals surface area contributed by atoms with E-state index in [4.69, 9.17) is 4.74 Å². The van der Waals surface area contributed by atoms with Crippen LogP contribution in [-0.2, 0) is 11.8 Å². The van der Waals surface area contributed by atoms with E-state index in [1.54, 1.807) is 6.33 Å². The summed E-state index contributed by atoms with van der Waals surface area (Å²) in [5.74, 6) is 0.996. The van der Waals surface area contributed by atoms with Gasteiger partial charge in [-0.1, -0.05) is 6.92 Å². The van der Waals surface area contributed by atoms with E-state index < -0.39 is 0 Å². The van der Waals surface area contributed by atoms with Crippen molar-refractivity contribution in [1.29, 1.82) is 0 Å². The number of hydrogen-bond donors (Lipinski definition) is 0. The molecule has 0 aliphatic carbocycles. The molecule has 1 atom stereocenters. The van der Waals surface area contributed by atoms with Crippen LogP contribution in [-0.4, -0.2) is 45.5 Å². The zero-order chi connectivity index (χ0) is 14.8. The fourth-order valence-corrected chi connectivity index (χ4v) is 3.05. The lowest BCUT2D eigenvalue weighted by Gasteiger charge is -2.33. The molecular formula is C15H23N5O. The normalized spacial score (nSPS) is 19.4. The lowest BCUT2D eigenvalue weighted by atomic mass is 10.1. The summed E-state index contributed by atoms with van der Waals surface area (Å²) in [6.07, 6.45) is 5.28. The average Bonchev–Trinajstić information content (AvgIpc) is 2.80. The molecule has 1 aliphatic heterocycles. The number of ether oxygens (including phenoxy) is 1. The predicted molar refractivity (Wildman–Crippen MR) is 82.5 cm³/mol. The number of nitrogens with zero attached hydrogens (tertiary/aromatic N) is 5. The molecule has 0 aromatic carbocycles. The first-order valence-electron chi connectivity index (χ1n) is 7.71. The van der Waals surface area contributed by atoms with Gasteiger partial charge >= 0.3 is 0 Å². The molecule has 0 bridgehead atoms. The third-order valence-corrected chi connectivity index (χ3v) is 4.01. The van der Waals surface area contributed by atoms with E-state index in [1.165, 1.54) is 0 Å². The summed E-state index contributed by atoms with van der Waals surface area (Å²) < 4.78 is 7.75. The minimum Gasteiger partial charge on any atom is -0.376 e. The van der Waals surface area contributed by atoms with E-state index in [9.17, 15) is 0 Å². The summed E-state index contributed by atoms with van der Waals surface area (Å²) >= 11 is 0. The van der Waals surface area contributed by atoms with Gasteiger partial charge in [0.1, 0.15) is 12.1 Å². The maximum Gasteiger partial charge on any atom is 0.163 e. The quantitative estimate of drug-likeness (QED) is 0.862. The molecule has 114 valence electrons. The number of aromatic nitrogens is 4. The Morgan fingerprint density at radius 2 is 2.24 bits per heavy atom. The van der Waals surface area contributed by atoms with Crippen molar-refractivity contribution in [3.05, 3.63) is 12.0 Å². The van der Waals surface area contributed by atoms with Crippen LogP contribution in [0.25, 0.3) is 11.0 Å². The van der Waals surface area contributed by atoms with Crippen LogP contribution >= 0.6 is 0 Å². The fourth-order valence-electron chi connectivity index (χ4n) is 3.05. The number of rotatable bonds is 4. The van der Waals surface area contributed by atoms with Crippen LogP contribution in [0.15, 0.2) is 6.33 Å². The average molecular weight is 289 g/mol. The van der Waals surface area contributed by atoms with Gasteiger partial charge in [-0.2, -0.15) is 5.10 Å². The van der Waals surface area contributed by atoms with Crippen molar-refractivity contribution in [1.82, 2.24) is 19.7 Å². The summed E-state index contributed by atoms with van der Waals surface area (Å²) in [7, 11) is 1.93. The Hall–Kier alpha value is -1.69. The van der Waals surface area contributed by atoms with Gasteiger partial charge in [-0.25, -0.2) is 9.97 Å². The van der Waals surface area contributed by atoms with Crippen LogP contribution in [0.2, 0.25) is 0 Å². The minimum atomic E-state index is 0.306. The molecule has 1 unspecified atom stereocenters. The molecule has 0 radical (unpaired) electrons. The molecule has 2 aromatic heterocycles. The molecule has 0 spiro atoms. The second kappa shape index (κ2) is 5.97. The minimum absolute atomic E-state index is 0.306. The molecule has 6 heteroatoms. The fraction of sp³-hybridized carbons (Fsp3) is 0.667. The second-order valence-corrected chi connectivity index (χ2v) is 5.69. The topological polar surface area (TPSA) is 56.1 Å². The maximum absolute atomic E-state index is 5.93. The highest BCUT2D eigenvalue weighted by Crippen LogP contribution is 2.28. The van der Waals surface area contributed by atoms with E-state index >= 15 is 0 Å². The molecule has 6 nitrogen and oxygen atoms in total. The van der Waals surface area contributed by atoms with E-state index in [2.05, 4.69) is 26.9 Å². The lowest BCUT2D eigenvalue weighted by Crippen LogP contribution is -2.40. The van der Waals surface area contributed by atoms with Crippen LogP contribution in [0.5, 0.6) is 0 Å². The zero-order valence-corrected chi connectivity index (χ0v) is 13.0. The molecular weight excluding hydrogens is 266 g/mol. The van der Waals surface area contributed by atoms with Gasteiger partial charge in [0.05, 0.1) is 17.2 Å². The van der Waals surface area contributed by atoms with Crippen LogP contribution in [0, 0.1) is 6.92 Å². The molecule has 0 saturated carbocycles. The Kier molecular flexibility index (Phi) is 4.05. The highest BCUT2D eigenvalue weighted by atomic mass is 16.5. The SMILES string of the molecule is CCCOC1CCCN(c2ncnc3c2c(C)nn3C)C1. The summed E-state index contributed by atoms with van der Waals surface area (Å²) in [5, 5.41) is 5.54. The molecule has 0 N–H and O–H groups in total. The largest absolute Gasteiger partial charge is 0.376 e. The number of anilines is 1. The number of piperidine rings is 1. The Balaban J connectivity index is 1.89. The first kappa shape index (κ1) is 14.3. The molecule has 3 heterocycles. The molecule has 1 saturated heterocycles. The third-order valence-electron chi connectivity index (χ3n) is 4.01. The van der Waals surface area contributed by atoms with Crippen molar-refractivity contribution in [2.45, 2.75) is 39.2 Å². The van der Waals surface area contributed by atoms with Crippen LogP contribution in [0.4, 0.5) is 5.82 Å². The smallest absolute Gasteiger partial charge is 0.163 e. The molecule has 2 aromatic rings. The van der Waals surface area contributed by atoms with Gasteiger partial charge in [0.25, 0.3) is 0 Å². The van der Waals surface area contributed by atoms with E-state index in [0.29, 0.717) is 6.10 Å². The molecule has 0 amide bonds. The Labute approximate surface area is 125 Å². The van der Waals surface area contributed by atoms with Gasteiger partial charge in [-0.05, 0) is 26.2 Å². The van der Waals surface area contributed by atoms with Gasteiger partial charge in [0.2, 0.25) is 0 Å². The van der Waals surface area contributed by atoms with Crippen molar-refractivity contribution in [3.8, 4) is 0 Å². The first-order valence-corrected chi connectivity index (χ1v) is 7.71. The second-order valence-electron chi connectivity index (χ2n) is 5.69. The number of hydrogen-bond acceptors (Lipinski definition) is 5. The van der Waals surface area contributed by atoms with Crippen molar-refractivity contribution in [3.63, 3.8) is 0 Å². The van der Waals surface area contributed by atoms with Gasteiger partial charge in [-0.15, -0.1) is 0 Å². The molecule has 1 aliphatic rings. The van der Waals surface area contributed by atoms with Crippen molar-refractivity contribution < 1.29 is 4.74 Å². The first-order chi connectivity index (χ1) is 10.2. The Morgan fingerprint density at radius 3 is 3.05 bits per heavy atom. The monoisotopic (exact) mass is 289 g/mol. The molecule has 21 heavy (non-hydrogen) atoms. The third kappa shape index (κ3) is 2.72. The van der Waals surface area contributed by atoms with Crippen molar-refractivity contribution >= 4 is 16.9 Å². The van der Waals surface area contributed by atoms with E-state index in [1.807, 2.05) is 18.7 Å². The van der Waals surface area contributed by atoms with Crippen LogP contribution in [0.3, 0.4) is 0 Å². The van der Waals surface area contributed by atoms with Gasteiger partial charge in [0, 0.05) is 26.7 Å². The Bertz CT molecular complexity index is 624. The van der Waals surface area contributed by atoms with E-state index in [0.717, 1.165) is 61.5 Å².